The lowest BCUT2D eigenvalue weighted by Gasteiger charge is -2.32. The van der Waals surface area contributed by atoms with Gasteiger partial charge in [0.15, 0.2) is 0 Å². The fourth-order valence-corrected chi connectivity index (χ4v) is 3.22. The van der Waals surface area contributed by atoms with Crippen LogP contribution >= 0.6 is 0 Å². The van der Waals surface area contributed by atoms with E-state index in [2.05, 4.69) is 38.1 Å². The fraction of sp³-hybridized carbons (Fsp3) is 0.579. The van der Waals surface area contributed by atoms with Crippen LogP contribution in [0.3, 0.4) is 0 Å². The maximum absolute atomic E-state index is 12.4. The van der Waals surface area contributed by atoms with Crippen LogP contribution in [-0.4, -0.2) is 35.0 Å². The number of piperidine rings is 1. The number of aryl methyl sites for hydroxylation is 1. The second-order valence-corrected chi connectivity index (χ2v) is 6.62. The molecule has 0 bridgehead atoms. The maximum atomic E-state index is 12.4. The van der Waals surface area contributed by atoms with Gasteiger partial charge in [-0.2, -0.15) is 0 Å². The lowest BCUT2D eigenvalue weighted by atomic mass is 9.92. The number of nitrogens with zero attached hydrogens (tertiary/aromatic N) is 1. The van der Waals surface area contributed by atoms with Crippen LogP contribution in [0, 0.1) is 5.92 Å². The Kier molecular flexibility index (Phi) is 6.20. The van der Waals surface area contributed by atoms with Crippen LogP contribution in [0.25, 0.3) is 0 Å². The lowest BCUT2D eigenvalue weighted by Crippen LogP contribution is -2.39. The summed E-state index contributed by atoms with van der Waals surface area (Å²) in [6, 6.07) is 8.51. The van der Waals surface area contributed by atoms with Crippen molar-refractivity contribution < 1.29 is 14.7 Å². The first-order valence-electron chi connectivity index (χ1n) is 8.58. The van der Waals surface area contributed by atoms with Crippen LogP contribution in [0.15, 0.2) is 24.3 Å². The molecule has 126 valence electrons. The van der Waals surface area contributed by atoms with Crippen LogP contribution in [-0.2, 0) is 16.0 Å². The Balaban J connectivity index is 1.83. The van der Waals surface area contributed by atoms with Crippen molar-refractivity contribution in [3.05, 3.63) is 35.4 Å². The number of carboxylic acids is 1. The first-order valence-corrected chi connectivity index (χ1v) is 8.58. The van der Waals surface area contributed by atoms with Crippen LogP contribution in [0.4, 0.5) is 0 Å². The lowest BCUT2D eigenvalue weighted by molar-refractivity contribution is -0.138. The van der Waals surface area contributed by atoms with Crippen molar-refractivity contribution >= 4 is 11.9 Å². The number of carboxylic acid groups (broad SMARTS) is 1. The fourth-order valence-electron chi connectivity index (χ4n) is 3.22. The van der Waals surface area contributed by atoms with Crippen molar-refractivity contribution in [3.63, 3.8) is 0 Å². The molecule has 0 aromatic heterocycles. The van der Waals surface area contributed by atoms with Gasteiger partial charge in [-0.1, -0.05) is 38.1 Å². The molecule has 2 rings (SSSR count). The molecule has 23 heavy (non-hydrogen) atoms. The van der Waals surface area contributed by atoms with Crippen molar-refractivity contribution in [2.24, 2.45) is 5.92 Å². The van der Waals surface area contributed by atoms with Crippen LogP contribution in [0.2, 0.25) is 0 Å². The summed E-state index contributed by atoms with van der Waals surface area (Å²) in [7, 11) is 0. The minimum atomic E-state index is -0.737. The molecule has 1 aliphatic rings. The molecule has 4 heteroatoms. The number of amides is 1. The molecule has 1 saturated heterocycles. The molecule has 4 nitrogen and oxygen atoms in total. The molecule has 1 unspecified atom stereocenters. The summed E-state index contributed by atoms with van der Waals surface area (Å²) in [5.41, 5.74) is 2.52. The number of carbonyl (C=O) groups is 2. The van der Waals surface area contributed by atoms with Crippen LogP contribution < -0.4 is 0 Å². The van der Waals surface area contributed by atoms with Gasteiger partial charge < -0.3 is 10.0 Å². The average Bonchev–Trinajstić information content (AvgIpc) is 2.55. The molecule has 1 aliphatic heterocycles. The summed E-state index contributed by atoms with van der Waals surface area (Å²) >= 11 is 0. The summed E-state index contributed by atoms with van der Waals surface area (Å²) in [5.74, 6) is -0.120. The molecule has 0 aliphatic carbocycles. The number of carbonyl (C=O) groups excluding carboxylic acids is 1. The number of hydrogen-bond acceptors (Lipinski definition) is 2. The molecule has 0 saturated carbocycles. The Morgan fingerprint density at radius 3 is 2.35 bits per heavy atom. The summed E-state index contributed by atoms with van der Waals surface area (Å²) in [6.07, 6.45) is 3.38. The highest BCUT2D eigenvalue weighted by molar-refractivity contribution is 5.77. The van der Waals surface area contributed by atoms with E-state index >= 15 is 0 Å². The number of benzene rings is 1. The van der Waals surface area contributed by atoms with E-state index in [1.165, 1.54) is 11.1 Å². The SMILES string of the molecule is CCc1ccc(C(C)CC(=O)N2CCC(CC(=O)O)CC2)cc1. The Labute approximate surface area is 138 Å². The van der Waals surface area contributed by atoms with E-state index in [9.17, 15) is 9.59 Å². The zero-order valence-corrected chi connectivity index (χ0v) is 14.1. The predicted octanol–water partition coefficient (Wildman–Crippen LogP) is 3.46. The van der Waals surface area contributed by atoms with Crippen molar-refractivity contribution in [3.8, 4) is 0 Å². The molecule has 1 heterocycles. The van der Waals surface area contributed by atoms with Crippen molar-refractivity contribution in [1.82, 2.24) is 4.90 Å². The first kappa shape index (κ1) is 17.5. The topological polar surface area (TPSA) is 57.6 Å². The molecule has 1 aromatic rings. The normalized spacial score (nSPS) is 17.0. The minimum Gasteiger partial charge on any atom is -0.481 e. The van der Waals surface area contributed by atoms with Crippen molar-refractivity contribution in [1.29, 1.82) is 0 Å². The highest BCUT2D eigenvalue weighted by atomic mass is 16.4. The quantitative estimate of drug-likeness (QED) is 0.874. The Hall–Kier alpha value is -1.84. The molecule has 1 amide bonds. The van der Waals surface area contributed by atoms with Crippen molar-refractivity contribution in [2.75, 3.05) is 13.1 Å². The van der Waals surface area contributed by atoms with Gasteiger partial charge in [-0.15, -0.1) is 0 Å². The van der Waals surface area contributed by atoms with Crippen LogP contribution in [0.5, 0.6) is 0 Å². The summed E-state index contributed by atoms with van der Waals surface area (Å²) in [5, 5.41) is 8.84. The predicted molar refractivity (Wildman–Crippen MR) is 90.4 cm³/mol. The highest BCUT2D eigenvalue weighted by Gasteiger charge is 2.25. The van der Waals surface area contributed by atoms with E-state index in [0.717, 1.165) is 19.3 Å². The van der Waals surface area contributed by atoms with Crippen molar-refractivity contribution in [2.45, 2.75) is 51.9 Å². The summed E-state index contributed by atoms with van der Waals surface area (Å²) < 4.78 is 0. The molecule has 0 spiro atoms. The smallest absolute Gasteiger partial charge is 0.303 e. The largest absolute Gasteiger partial charge is 0.481 e. The third-order valence-electron chi connectivity index (χ3n) is 4.87. The van der Waals surface area contributed by atoms with Gasteiger partial charge in [0.2, 0.25) is 5.91 Å². The van der Waals surface area contributed by atoms with Gasteiger partial charge in [-0.05, 0) is 42.2 Å². The highest BCUT2D eigenvalue weighted by Crippen LogP contribution is 2.24. The van der Waals surface area contributed by atoms with E-state index in [0.29, 0.717) is 19.5 Å². The second-order valence-electron chi connectivity index (χ2n) is 6.62. The van der Waals surface area contributed by atoms with Gasteiger partial charge in [0.25, 0.3) is 0 Å². The average molecular weight is 317 g/mol. The number of likely N-dealkylation sites (tertiary alicyclic amines) is 1. The Morgan fingerprint density at radius 2 is 1.83 bits per heavy atom. The van der Waals surface area contributed by atoms with E-state index in [1.807, 2.05) is 4.90 Å². The van der Waals surface area contributed by atoms with E-state index in [-0.39, 0.29) is 24.2 Å². The van der Waals surface area contributed by atoms with Gasteiger partial charge in [0.05, 0.1) is 0 Å². The molecule has 0 radical (unpaired) electrons. The van der Waals surface area contributed by atoms with Gasteiger partial charge in [0, 0.05) is 25.9 Å². The Bertz CT molecular complexity index is 530. The number of aliphatic carboxylic acids is 1. The number of hydrogen-bond donors (Lipinski definition) is 1. The standard InChI is InChI=1S/C19H27NO3/c1-3-15-4-6-17(7-5-15)14(2)12-18(21)20-10-8-16(9-11-20)13-19(22)23/h4-7,14,16H,3,8-13H2,1-2H3,(H,22,23). The van der Waals surface area contributed by atoms with E-state index in [1.54, 1.807) is 0 Å². The summed E-state index contributed by atoms with van der Waals surface area (Å²) in [6.45, 7) is 5.61. The molecule has 1 atom stereocenters. The minimum absolute atomic E-state index is 0.186. The zero-order valence-electron chi connectivity index (χ0n) is 14.1. The number of rotatable bonds is 6. The molecule has 1 fully saturated rings. The molecular formula is C19H27NO3. The third kappa shape index (κ3) is 5.08. The molecule has 1 aromatic carbocycles. The molecular weight excluding hydrogens is 290 g/mol. The summed E-state index contributed by atoms with van der Waals surface area (Å²) in [4.78, 5) is 25.1. The monoisotopic (exact) mass is 317 g/mol. The van der Waals surface area contributed by atoms with Gasteiger partial charge >= 0.3 is 5.97 Å². The van der Waals surface area contributed by atoms with Crippen LogP contribution in [0.1, 0.15) is 56.6 Å². The maximum Gasteiger partial charge on any atom is 0.303 e. The van der Waals surface area contributed by atoms with Gasteiger partial charge in [-0.25, -0.2) is 0 Å². The van der Waals surface area contributed by atoms with E-state index in [4.69, 9.17) is 5.11 Å². The third-order valence-corrected chi connectivity index (χ3v) is 4.87. The van der Waals surface area contributed by atoms with Gasteiger partial charge in [0.1, 0.15) is 0 Å². The second kappa shape index (κ2) is 8.14. The Morgan fingerprint density at radius 1 is 1.22 bits per heavy atom. The van der Waals surface area contributed by atoms with E-state index < -0.39 is 5.97 Å². The zero-order chi connectivity index (χ0) is 16.8. The molecule has 1 N–H and O–H groups in total. The first-order chi connectivity index (χ1) is 11.0. The van der Waals surface area contributed by atoms with Gasteiger partial charge in [-0.3, -0.25) is 9.59 Å².